The van der Waals surface area contributed by atoms with E-state index in [-0.39, 0.29) is 5.56 Å². The van der Waals surface area contributed by atoms with Crippen molar-refractivity contribution < 1.29 is 0 Å². The molecule has 0 radical (unpaired) electrons. The molecule has 8 heteroatoms. The molecule has 0 spiro atoms. The van der Waals surface area contributed by atoms with Gasteiger partial charge in [0.25, 0.3) is 5.56 Å². The van der Waals surface area contributed by atoms with Crippen LogP contribution in [0.1, 0.15) is 5.69 Å². The summed E-state index contributed by atoms with van der Waals surface area (Å²) in [6.45, 7) is 5.78. The fourth-order valence-electron chi connectivity index (χ4n) is 3.07. The molecule has 4 heterocycles. The lowest BCUT2D eigenvalue weighted by atomic mass is 10.2. The van der Waals surface area contributed by atoms with Crippen molar-refractivity contribution in [2.45, 2.75) is 6.92 Å². The van der Waals surface area contributed by atoms with E-state index in [1.165, 1.54) is 4.68 Å². The van der Waals surface area contributed by atoms with E-state index >= 15 is 0 Å². The lowest BCUT2D eigenvalue weighted by molar-refractivity contribution is 0.311. The Kier molecular flexibility index (Phi) is 4.26. The van der Waals surface area contributed by atoms with Crippen LogP contribution in [0.15, 0.2) is 41.5 Å². The highest BCUT2D eigenvalue weighted by Gasteiger charge is 2.18. The van der Waals surface area contributed by atoms with Gasteiger partial charge in [-0.3, -0.25) is 9.89 Å². The molecular weight excluding hydrogens is 330 g/mol. The average molecular weight is 351 g/mol. The van der Waals surface area contributed by atoms with Crippen molar-refractivity contribution in [3.8, 4) is 17.1 Å². The highest BCUT2D eigenvalue weighted by Crippen LogP contribution is 2.21. The first-order valence-corrected chi connectivity index (χ1v) is 8.63. The second-order valence-electron chi connectivity index (χ2n) is 6.49. The van der Waals surface area contributed by atoms with Gasteiger partial charge in [-0.1, -0.05) is 6.07 Å². The van der Waals surface area contributed by atoms with Crippen molar-refractivity contribution in [2.24, 2.45) is 0 Å². The molecule has 0 aromatic carbocycles. The molecule has 0 atom stereocenters. The Morgan fingerprint density at radius 1 is 1.12 bits per heavy atom. The number of hydrogen-bond donors (Lipinski definition) is 1. The standard InChI is InChI=1S/C18H21N7O/c1-13-14(12-20-18(21-13)24-9-7-23(2)8-10-24)15-11-17(26)25(22-15)16-5-3-4-6-19-16/h3-6,11-12,22H,7-10H2,1-2H3. The molecule has 1 N–H and O–H groups in total. The maximum Gasteiger partial charge on any atom is 0.273 e. The van der Waals surface area contributed by atoms with E-state index in [0.717, 1.165) is 43.4 Å². The van der Waals surface area contributed by atoms with E-state index < -0.39 is 0 Å². The molecule has 1 fully saturated rings. The van der Waals surface area contributed by atoms with Gasteiger partial charge in [0, 0.05) is 50.2 Å². The summed E-state index contributed by atoms with van der Waals surface area (Å²) in [6.07, 6.45) is 3.44. The number of aryl methyl sites for hydroxylation is 1. The predicted molar refractivity (Wildman–Crippen MR) is 99.7 cm³/mol. The van der Waals surface area contributed by atoms with Gasteiger partial charge < -0.3 is 9.80 Å². The van der Waals surface area contributed by atoms with Crippen LogP contribution in [0.2, 0.25) is 0 Å². The number of H-pyrrole nitrogens is 1. The van der Waals surface area contributed by atoms with Crippen LogP contribution in [0, 0.1) is 6.92 Å². The number of piperazine rings is 1. The van der Waals surface area contributed by atoms with Crippen LogP contribution >= 0.6 is 0 Å². The number of anilines is 1. The lowest BCUT2D eigenvalue weighted by Gasteiger charge is -2.32. The van der Waals surface area contributed by atoms with Gasteiger partial charge in [-0.25, -0.2) is 19.6 Å². The lowest BCUT2D eigenvalue weighted by Crippen LogP contribution is -2.45. The molecule has 0 amide bonds. The van der Waals surface area contributed by atoms with Crippen molar-refractivity contribution in [2.75, 3.05) is 38.1 Å². The van der Waals surface area contributed by atoms with Gasteiger partial charge in [0.15, 0.2) is 5.82 Å². The third-order valence-electron chi connectivity index (χ3n) is 4.64. The summed E-state index contributed by atoms with van der Waals surface area (Å²) in [5.74, 6) is 1.29. The minimum atomic E-state index is -0.166. The number of nitrogens with zero attached hydrogens (tertiary/aromatic N) is 6. The summed E-state index contributed by atoms with van der Waals surface area (Å²) in [4.78, 5) is 30.2. The van der Waals surface area contributed by atoms with Crippen LogP contribution in [-0.2, 0) is 0 Å². The Labute approximate surface area is 151 Å². The number of likely N-dealkylation sites (N-methyl/N-ethyl adjacent to an activating group) is 1. The first-order valence-electron chi connectivity index (χ1n) is 8.63. The number of rotatable bonds is 3. The maximum atomic E-state index is 12.3. The van der Waals surface area contributed by atoms with Crippen LogP contribution in [0.5, 0.6) is 0 Å². The molecule has 0 saturated carbocycles. The zero-order valence-electron chi connectivity index (χ0n) is 14.9. The highest BCUT2D eigenvalue weighted by atomic mass is 16.1. The molecule has 1 saturated heterocycles. The van der Waals surface area contributed by atoms with Crippen molar-refractivity contribution in [3.05, 3.63) is 52.7 Å². The molecule has 3 aromatic heterocycles. The topological polar surface area (TPSA) is 82.9 Å². The van der Waals surface area contributed by atoms with Crippen LogP contribution in [0.3, 0.4) is 0 Å². The molecule has 0 bridgehead atoms. The van der Waals surface area contributed by atoms with Gasteiger partial charge in [0.05, 0.1) is 11.4 Å². The summed E-state index contributed by atoms with van der Waals surface area (Å²) in [7, 11) is 2.12. The number of pyridine rings is 1. The average Bonchev–Trinajstić information content (AvgIpc) is 3.04. The number of nitrogens with one attached hydrogen (secondary N) is 1. The van der Waals surface area contributed by atoms with Crippen LogP contribution in [0.4, 0.5) is 5.95 Å². The highest BCUT2D eigenvalue weighted by molar-refractivity contribution is 5.61. The predicted octanol–water partition coefficient (Wildman–Crippen LogP) is 1.08. The van der Waals surface area contributed by atoms with Crippen molar-refractivity contribution in [3.63, 3.8) is 0 Å². The fourth-order valence-corrected chi connectivity index (χ4v) is 3.07. The zero-order valence-corrected chi connectivity index (χ0v) is 14.9. The van der Waals surface area contributed by atoms with Crippen LogP contribution in [0.25, 0.3) is 17.1 Å². The Hall–Kier alpha value is -3.00. The Balaban J connectivity index is 1.64. The number of hydrogen-bond acceptors (Lipinski definition) is 6. The monoisotopic (exact) mass is 351 g/mol. The summed E-state index contributed by atoms with van der Waals surface area (Å²) >= 11 is 0. The quantitative estimate of drug-likeness (QED) is 0.760. The Bertz CT molecular complexity index is 955. The van der Waals surface area contributed by atoms with Gasteiger partial charge in [-0.15, -0.1) is 0 Å². The SMILES string of the molecule is Cc1nc(N2CCN(C)CC2)ncc1-c1cc(=O)n(-c2ccccn2)[nH]1. The molecule has 0 unspecified atom stereocenters. The van der Waals surface area contributed by atoms with E-state index in [2.05, 4.69) is 36.9 Å². The van der Waals surface area contributed by atoms with Crippen molar-refractivity contribution in [1.82, 2.24) is 29.6 Å². The van der Waals surface area contributed by atoms with E-state index in [1.54, 1.807) is 24.5 Å². The molecule has 1 aliphatic rings. The van der Waals surface area contributed by atoms with E-state index in [1.807, 2.05) is 19.1 Å². The molecule has 3 aromatic rings. The fraction of sp³-hybridized carbons (Fsp3) is 0.333. The minimum Gasteiger partial charge on any atom is -0.338 e. The van der Waals surface area contributed by atoms with Gasteiger partial charge >= 0.3 is 0 Å². The summed E-state index contributed by atoms with van der Waals surface area (Å²) < 4.78 is 1.42. The van der Waals surface area contributed by atoms with Gasteiger partial charge in [0.2, 0.25) is 5.95 Å². The first kappa shape index (κ1) is 16.5. The van der Waals surface area contributed by atoms with Crippen molar-refractivity contribution >= 4 is 5.95 Å². The van der Waals surface area contributed by atoms with Gasteiger partial charge in [0.1, 0.15) is 0 Å². The Morgan fingerprint density at radius 3 is 2.62 bits per heavy atom. The van der Waals surface area contributed by atoms with Crippen LogP contribution in [-0.4, -0.2) is 62.9 Å². The molecule has 0 aliphatic carbocycles. The largest absolute Gasteiger partial charge is 0.338 e. The minimum absolute atomic E-state index is 0.166. The maximum absolute atomic E-state index is 12.3. The van der Waals surface area contributed by atoms with Gasteiger partial charge in [-0.05, 0) is 26.1 Å². The number of aromatic amines is 1. The molecule has 134 valence electrons. The Morgan fingerprint density at radius 2 is 1.92 bits per heavy atom. The summed E-state index contributed by atoms with van der Waals surface area (Å²) in [5.41, 5.74) is 2.17. The number of aromatic nitrogens is 5. The summed E-state index contributed by atoms with van der Waals surface area (Å²) in [5, 5.41) is 3.10. The van der Waals surface area contributed by atoms with E-state index in [9.17, 15) is 4.79 Å². The third-order valence-corrected chi connectivity index (χ3v) is 4.64. The van der Waals surface area contributed by atoms with E-state index in [4.69, 9.17) is 0 Å². The van der Waals surface area contributed by atoms with Crippen molar-refractivity contribution in [1.29, 1.82) is 0 Å². The molecule has 8 nitrogen and oxygen atoms in total. The first-order chi connectivity index (χ1) is 12.6. The smallest absolute Gasteiger partial charge is 0.273 e. The molecule has 26 heavy (non-hydrogen) atoms. The second-order valence-corrected chi connectivity index (χ2v) is 6.49. The summed E-state index contributed by atoms with van der Waals surface area (Å²) in [6, 6.07) is 6.99. The van der Waals surface area contributed by atoms with Gasteiger partial charge in [-0.2, -0.15) is 0 Å². The zero-order chi connectivity index (χ0) is 18.1. The molecule has 4 rings (SSSR count). The third kappa shape index (κ3) is 3.11. The molecular formula is C18H21N7O. The normalized spacial score (nSPS) is 15.4. The second kappa shape index (κ2) is 6.72. The van der Waals surface area contributed by atoms with Crippen LogP contribution < -0.4 is 10.5 Å². The molecule has 1 aliphatic heterocycles. The van der Waals surface area contributed by atoms with E-state index in [0.29, 0.717) is 11.5 Å².